The van der Waals surface area contributed by atoms with Crippen LogP contribution in [0, 0.1) is 19.3 Å². The minimum absolute atomic E-state index is 0.0799. The van der Waals surface area contributed by atoms with Gasteiger partial charge in [-0.05, 0) is 49.9 Å². The standard InChI is InChI=1S/C17H26N2OS/c1-5-7-17(8-6-2,15(18)21)16(20)19-14-10-12(3)9-13(4)11-14/h9-11H,5-8H2,1-4H3,(H2,18,21)(H,19,20). The van der Waals surface area contributed by atoms with Crippen LogP contribution < -0.4 is 11.1 Å². The van der Waals surface area contributed by atoms with E-state index in [0.717, 1.165) is 29.7 Å². The van der Waals surface area contributed by atoms with Crippen LogP contribution in [0.15, 0.2) is 18.2 Å². The van der Waals surface area contributed by atoms with Crippen LogP contribution in [0.5, 0.6) is 0 Å². The molecule has 0 atom stereocenters. The summed E-state index contributed by atoms with van der Waals surface area (Å²) >= 11 is 5.22. The molecule has 0 radical (unpaired) electrons. The lowest BCUT2D eigenvalue weighted by atomic mass is 9.78. The largest absolute Gasteiger partial charge is 0.392 e. The Bertz CT molecular complexity index is 499. The van der Waals surface area contributed by atoms with Crippen LogP contribution >= 0.6 is 12.2 Å². The molecule has 4 heteroatoms. The van der Waals surface area contributed by atoms with E-state index in [1.54, 1.807) is 0 Å². The molecule has 1 aromatic rings. The Balaban J connectivity index is 3.07. The molecule has 0 unspecified atom stereocenters. The van der Waals surface area contributed by atoms with E-state index in [2.05, 4.69) is 11.4 Å². The molecule has 0 saturated carbocycles. The van der Waals surface area contributed by atoms with Crippen molar-refractivity contribution in [3.63, 3.8) is 0 Å². The molecule has 0 saturated heterocycles. The van der Waals surface area contributed by atoms with Gasteiger partial charge in [-0.25, -0.2) is 0 Å². The van der Waals surface area contributed by atoms with Gasteiger partial charge in [0.15, 0.2) is 0 Å². The van der Waals surface area contributed by atoms with E-state index in [0.29, 0.717) is 17.8 Å². The van der Waals surface area contributed by atoms with Crippen molar-refractivity contribution >= 4 is 28.8 Å². The van der Waals surface area contributed by atoms with Crippen molar-refractivity contribution in [3.8, 4) is 0 Å². The van der Waals surface area contributed by atoms with Gasteiger partial charge in [0.2, 0.25) is 5.91 Å². The number of nitrogens with two attached hydrogens (primary N) is 1. The van der Waals surface area contributed by atoms with Gasteiger partial charge in [-0.1, -0.05) is 45.0 Å². The Hall–Kier alpha value is -1.42. The summed E-state index contributed by atoms with van der Waals surface area (Å²) in [4.78, 5) is 13.1. The third-order valence-electron chi connectivity index (χ3n) is 3.74. The molecular weight excluding hydrogens is 280 g/mol. The number of rotatable bonds is 7. The molecule has 116 valence electrons. The second-order valence-corrected chi connectivity index (χ2v) is 6.22. The third kappa shape index (κ3) is 4.27. The minimum atomic E-state index is -0.740. The van der Waals surface area contributed by atoms with Gasteiger partial charge in [-0.2, -0.15) is 0 Å². The Kier molecular flexibility index (Phi) is 6.34. The van der Waals surface area contributed by atoms with Crippen LogP contribution in [-0.2, 0) is 4.79 Å². The van der Waals surface area contributed by atoms with Gasteiger partial charge in [0.25, 0.3) is 0 Å². The molecule has 0 bridgehead atoms. The van der Waals surface area contributed by atoms with Gasteiger partial charge in [0, 0.05) is 5.69 Å². The quantitative estimate of drug-likeness (QED) is 0.745. The lowest BCUT2D eigenvalue weighted by Gasteiger charge is -2.31. The number of carbonyl (C=O) groups excluding carboxylic acids is 1. The maximum atomic E-state index is 12.8. The Morgan fingerprint density at radius 1 is 1.14 bits per heavy atom. The summed E-state index contributed by atoms with van der Waals surface area (Å²) in [5, 5.41) is 3.01. The van der Waals surface area contributed by atoms with Gasteiger partial charge < -0.3 is 11.1 Å². The number of aryl methyl sites for hydroxylation is 2. The Labute approximate surface area is 133 Å². The van der Waals surface area contributed by atoms with Gasteiger partial charge in [-0.3, -0.25) is 4.79 Å². The summed E-state index contributed by atoms with van der Waals surface area (Å²) in [6, 6.07) is 6.01. The zero-order chi connectivity index (χ0) is 16.0. The zero-order valence-electron chi connectivity index (χ0n) is 13.5. The number of amides is 1. The zero-order valence-corrected chi connectivity index (χ0v) is 14.3. The average Bonchev–Trinajstić information content (AvgIpc) is 2.36. The van der Waals surface area contributed by atoms with E-state index in [4.69, 9.17) is 18.0 Å². The van der Waals surface area contributed by atoms with Crippen LogP contribution in [0.4, 0.5) is 5.69 Å². The van der Waals surface area contributed by atoms with Gasteiger partial charge in [0.05, 0.1) is 10.4 Å². The lowest BCUT2D eigenvalue weighted by Crippen LogP contribution is -2.46. The molecule has 0 aliphatic carbocycles. The monoisotopic (exact) mass is 306 g/mol. The Morgan fingerprint density at radius 2 is 1.62 bits per heavy atom. The van der Waals surface area contributed by atoms with Crippen molar-refractivity contribution in [2.45, 2.75) is 53.4 Å². The topological polar surface area (TPSA) is 55.1 Å². The highest BCUT2D eigenvalue weighted by Crippen LogP contribution is 2.32. The van der Waals surface area contributed by atoms with Crippen molar-refractivity contribution < 1.29 is 4.79 Å². The van der Waals surface area contributed by atoms with Crippen LogP contribution in [-0.4, -0.2) is 10.9 Å². The molecule has 0 fully saturated rings. The molecule has 0 aromatic heterocycles. The normalized spacial score (nSPS) is 11.2. The molecule has 1 amide bonds. The molecule has 0 heterocycles. The van der Waals surface area contributed by atoms with E-state index in [9.17, 15) is 4.79 Å². The van der Waals surface area contributed by atoms with Crippen molar-refractivity contribution in [1.82, 2.24) is 0 Å². The Morgan fingerprint density at radius 3 is 2.00 bits per heavy atom. The molecule has 1 rings (SSSR count). The smallest absolute Gasteiger partial charge is 0.237 e. The summed E-state index contributed by atoms with van der Waals surface area (Å²) in [6.45, 7) is 8.13. The summed E-state index contributed by atoms with van der Waals surface area (Å²) in [7, 11) is 0. The first-order chi connectivity index (χ1) is 9.85. The van der Waals surface area contributed by atoms with Crippen molar-refractivity contribution in [2.75, 3.05) is 5.32 Å². The maximum absolute atomic E-state index is 12.8. The van der Waals surface area contributed by atoms with E-state index < -0.39 is 5.41 Å². The van der Waals surface area contributed by atoms with Gasteiger partial charge >= 0.3 is 0 Å². The highest BCUT2D eigenvalue weighted by Gasteiger charge is 2.39. The predicted molar refractivity (Wildman–Crippen MR) is 93.6 cm³/mol. The van der Waals surface area contributed by atoms with Crippen molar-refractivity contribution in [1.29, 1.82) is 0 Å². The van der Waals surface area contributed by atoms with Crippen LogP contribution in [0.2, 0.25) is 0 Å². The third-order valence-corrected chi connectivity index (χ3v) is 4.13. The number of benzene rings is 1. The number of thiocarbonyl (C=S) groups is 1. The molecular formula is C17H26N2OS. The first-order valence-corrected chi connectivity index (χ1v) is 7.96. The molecule has 21 heavy (non-hydrogen) atoms. The molecule has 1 aromatic carbocycles. The van der Waals surface area contributed by atoms with Crippen LogP contribution in [0.1, 0.15) is 50.7 Å². The van der Waals surface area contributed by atoms with Crippen molar-refractivity contribution in [3.05, 3.63) is 29.3 Å². The minimum Gasteiger partial charge on any atom is -0.392 e. The summed E-state index contributed by atoms with van der Waals surface area (Å²) < 4.78 is 0. The maximum Gasteiger partial charge on any atom is 0.237 e. The fourth-order valence-electron chi connectivity index (χ4n) is 2.86. The number of anilines is 1. The van der Waals surface area contributed by atoms with E-state index in [-0.39, 0.29) is 5.91 Å². The highest BCUT2D eigenvalue weighted by molar-refractivity contribution is 7.80. The highest BCUT2D eigenvalue weighted by atomic mass is 32.1. The molecule has 0 aliphatic heterocycles. The predicted octanol–water partition coefficient (Wildman–Crippen LogP) is 4.11. The number of hydrogen-bond donors (Lipinski definition) is 2. The van der Waals surface area contributed by atoms with Gasteiger partial charge in [0.1, 0.15) is 0 Å². The van der Waals surface area contributed by atoms with E-state index in [1.807, 2.05) is 39.8 Å². The molecule has 0 spiro atoms. The van der Waals surface area contributed by atoms with Crippen molar-refractivity contribution in [2.24, 2.45) is 11.1 Å². The number of nitrogens with one attached hydrogen (secondary N) is 1. The summed E-state index contributed by atoms with van der Waals surface area (Å²) in [5.41, 5.74) is 8.24. The SMILES string of the molecule is CCCC(CCC)(C(=O)Nc1cc(C)cc(C)c1)C(N)=S. The summed E-state index contributed by atoms with van der Waals surface area (Å²) in [5.74, 6) is -0.0799. The second-order valence-electron chi connectivity index (χ2n) is 5.78. The fraction of sp³-hybridized carbons (Fsp3) is 0.529. The van der Waals surface area contributed by atoms with Crippen LogP contribution in [0.3, 0.4) is 0 Å². The first kappa shape index (κ1) is 17.6. The first-order valence-electron chi connectivity index (χ1n) is 7.55. The van der Waals surface area contributed by atoms with Crippen LogP contribution in [0.25, 0.3) is 0 Å². The van der Waals surface area contributed by atoms with E-state index >= 15 is 0 Å². The van der Waals surface area contributed by atoms with Gasteiger partial charge in [-0.15, -0.1) is 0 Å². The lowest BCUT2D eigenvalue weighted by molar-refractivity contribution is -0.122. The number of carbonyl (C=O) groups is 1. The molecule has 3 nitrogen and oxygen atoms in total. The fourth-order valence-corrected chi connectivity index (χ4v) is 3.16. The second kappa shape index (κ2) is 7.55. The number of hydrogen-bond acceptors (Lipinski definition) is 2. The average molecular weight is 306 g/mol. The summed E-state index contributed by atoms with van der Waals surface area (Å²) in [6.07, 6.45) is 3.12. The molecule has 3 N–H and O–H groups in total. The molecule has 0 aliphatic rings. The van der Waals surface area contributed by atoms with E-state index in [1.165, 1.54) is 0 Å².